The molecule has 1 aliphatic rings. The number of amides is 1. The Morgan fingerprint density at radius 3 is 2.85 bits per heavy atom. The van der Waals surface area contributed by atoms with Crippen molar-refractivity contribution in [3.63, 3.8) is 0 Å². The summed E-state index contributed by atoms with van der Waals surface area (Å²) in [7, 11) is 1.81. The van der Waals surface area contributed by atoms with Crippen LogP contribution in [0.1, 0.15) is 18.9 Å². The Hall–Kier alpha value is -1.62. The Morgan fingerprint density at radius 1 is 1.35 bits per heavy atom. The second-order valence-corrected chi connectivity index (χ2v) is 5.19. The maximum Gasteiger partial charge on any atom is 0.241 e. The molecule has 0 radical (unpaired) electrons. The lowest BCUT2D eigenvalue weighted by atomic mass is 10.1. The van der Waals surface area contributed by atoms with E-state index in [0.29, 0.717) is 19.6 Å². The Labute approximate surface area is 119 Å². The average molecular weight is 279 g/mol. The van der Waals surface area contributed by atoms with Crippen molar-refractivity contribution in [2.24, 2.45) is 0 Å². The minimum atomic E-state index is -0.234. The van der Waals surface area contributed by atoms with E-state index in [-0.39, 0.29) is 11.7 Å². The minimum absolute atomic E-state index is 0.105. The average Bonchev–Trinajstić information content (AvgIpc) is 2.43. The third-order valence-electron chi connectivity index (χ3n) is 3.58. The molecule has 0 atom stereocenters. The van der Waals surface area contributed by atoms with Crippen LogP contribution in [0.3, 0.4) is 0 Å². The molecule has 1 saturated heterocycles. The molecule has 20 heavy (non-hydrogen) atoms. The quantitative estimate of drug-likeness (QED) is 0.832. The maximum atomic E-state index is 13.4. The molecule has 5 heteroatoms. The summed E-state index contributed by atoms with van der Waals surface area (Å²) >= 11 is 0. The van der Waals surface area contributed by atoms with Gasteiger partial charge in [-0.15, -0.1) is 0 Å². The summed E-state index contributed by atoms with van der Waals surface area (Å²) in [5.74, 6) is -0.129. The molecular weight excluding hydrogens is 257 g/mol. The number of rotatable bonds is 5. The van der Waals surface area contributed by atoms with Crippen molar-refractivity contribution in [3.05, 3.63) is 29.6 Å². The van der Waals surface area contributed by atoms with Gasteiger partial charge in [0.05, 0.1) is 6.54 Å². The predicted molar refractivity (Wildman–Crippen MR) is 78.2 cm³/mol. The lowest BCUT2D eigenvalue weighted by Gasteiger charge is -2.34. The highest BCUT2D eigenvalue weighted by atomic mass is 19.1. The van der Waals surface area contributed by atoms with Gasteiger partial charge >= 0.3 is 0 Å². The van der Waals surface area contributed by atoms with Gasteiger partial charge in [0.2, 0.25) is 5.91 Å². The Bertz CT molecular complexity index is 478. The first kappa shape index (κ1) is 14.8. The number of nitrogens with zero attached hydrogens (tertiary/aromatic N) is 2. The van der Waals surface area contributed by atoms with E-state index in [0.717, 1.165) is 30.8 Å². The van der Waals surface area contributed by atoms with E-state index < -0.39 is 0 Å². The highest BCUT2D eigenvalue weighted by Gasteiger charge is 2.22. The van der Waals surface area contributed by atoms with Gasteiger partial charge in [-0.25, -0.2) is 4.39 Å². The first-order valence-electron chi connectivity index (χ1n) is 7.10. The molecule has 0 saturated carbocycles. The van der Waals surface area contributed by atoms with Crippen molar-refractivity contribution in [3.8, 4) is 0 Å². The SMILES string of the molecule is CCCNCc1cc(F)ccc1N1CCN(C)C(=O)C1. The number of carbonyl (C=O) groups is 1. The van der Waals surface area contributed by atoms with Crippen molar-refractivity contribution in [2.45, 2.75) is 19.9 Å². The number of benzene rings is 1. The fourth-order valence-electron chi connectivity index (χ4n) is 2.37. The van der Waals surface area contributed by atoms with Crippen LogP contribution in [0.5, 0.6) is 0 Å². The molecule has 110 valence electrons. The summed E-state index contributed by atoms with van der Waals surface area (Å²) in [6.07, 6.45) is 1.04. The number of hydrogen-bond acceptors (Lipinski definition) is 3. The maximum absolute atomic E-state index is 13.4. The molecule has 1 fully saturated rings. The van der Waals surface area contributed by atoms with Crippen LogP contribution in [0.4, 0.5) is 10.1 Å². The molecule has 1 aromatic rings. The Balaban J connectivity index is 2.15. The van der Waals surface area contributed by atoms with Gasteiger partial charge in [0.15, 0.2) is 0 Å². The fourth-order valence-corrected chi connectivity index (χ4v) is 2.37. The molecule has 1 amide bonds. The van der Waals surface area contributed by atoms with Crippen molar-refractivity contribution in [1.29, 1.82) is 0 Å². The summed E-state index contributed by atoms with van der Waals surface area (Å²) in [5.41, 5.74) is 1.87. The van der Waals surface area contributed by atoms with Gasteiger partial charge in [0, 0.05) is 32.4 Å². The highest BCUT2D eigenvalue weighted by molar-refractivity contribution is 5.83. The van der Waals surface area contributed by atoms with Gasteiger partial charge in [0.25, 0.3) is 0 Å². The number of nitrogens with one attached hydrogen (secondary N) is 1. The topological polar surface area (TPSA) is 35.6 Å². The van der Waals surface area contributed by atoms with E-state index in [4.69, 9.17) is 0 Å². The zero-order valence-corrected chi connectivity index (χ0v) is 12.2. The van der Waals surface area contributed by atoms with Crippen LogP contribution >= 0.6 is 0 Å². The lowest BCUT2D eigenvalue weighted by molar-refractivity contribution is -0.129. The first-order valence-corrected chi connectivity index (χ1v) is 7.10. The zero-order valence-electron chi connectivity index (χ0n) is 12.2. The fraction of sp³-hybridized carbons (Fsp3) is 0.533. The summed E-state index contributed by atoms with van der Waals surface area (Å²) < 4.78 is 13.4. The standard InChI is InChI=1S/C15H22FN3O/c1-3-6-17-10-12-9-13(16)4-5-14(12)19-8-7-18(2)15(20)11-19/h4-5,9,17H,3,6-8,10-11H2,1-2H3. The minimum Gasteiger partial charge on any atom is -0.360 e. The number of anilines is 1. The second-order valence-electron chi connectivity index (χ2n) is 5.19. The molecular formula is C15H22FN3O. The smallest absolute Gasteiger partial charge is 0.241 e. The van der Waals surface area contributed by atoms with E-state index in [1.807, 2.05) is 11.9 Å². The van der Waals surface area contributed by atoms with Crippen LogP contribution in [0.2, 0.25) is 0 Å². The van der Waals surface area contributed by atoms with E-state index in [1.165, 1.54) is 6.07 Å². The van der Waals surface area contributed by atoms with Crippen LogP contribution in [-0.4, -0.2) is 44.0 Å². The van der Waals surface area contributed by atoms with Crippen LogP contribution in [0.15, 0.2) is 18.2 Å². The normalized spacial score (nSPS) is 15.8. The predicted octanol–water partition coefficient (Wildman–Crippen LogP) is 1.60. The highest BCUT2D eigenvalue weighted by Crippen LogP contribution is 2.23. The molecule has 4 nitrogen and oxygen atoms in total. The van der Waals surface area contributed by atoms with Crippen LogP contribution in [0.25, 0.3) is 0 Å². The summed E-state index contributed by atoms with van der Waals surface area (Å²) in [6, 6.07) is 4.79. The number of carbonyl (C=O) groups excluding carboxylic acids is 1. The van der Waals surface area contributed by atoms with Crippen molar-refractivity contribution in [1.82, 2.24) is 10.2 Å². The van der Waals surface area contributed by atoms with Gasteiger partial charge in [-0.2, -0.15) is 0 Å². The number of hydrogen-bond donors (Lipinski definition) is 1. The molecule has 0 spiro atoms. The Kier molecular flexibility index (Phi) is 4.95. The molecule has 0 bridgehead atoms. The molecule has 1 N–H and O–H groups in total. The van der Waals surface area contributed by atoms with E-state index in [9.17, 15) is 9.18 Å². The van der Waals surface area contributed by atoms with E-state index >= 15 is 0 Å². The third kappa shape index (κ3) is 3.48. The molecule has 0 aromatic heterocycles. The van der Waals surface area contributed by atoms with E-state index in [2.05, 4.69) is 12.2 Å². The van der Waals surface area contributed by atoms with Crippen LogP contribution in [-0.2, 0) is 11.3 Å². The van der Waals surface area contributed by atoms with Gasteiger partial charge in [0.1, 0.15) is 5.82 Å². The van der Waals surface area contributed by atoms with Gasteiger partial charge < -0.3 is 15.1 Å². The van der Waals surface area contributed by atoms with Gasteiger partial charge in [-0.05, 0) is 36.7 Å². The molecule has 1 aromatic carbocycles. The summed E-state index contributed by atoms with van der Waals surface area (Å²) in [5, 5.41) is 3.29. The summed E-state index contributed by atoms with van der Waals surface area (Å²) in [4.78, 5) is 15.6. The van der Waals surface area contributed by atoms with Crippen molar-refractivity contribution in [2.75, 3.05) is 38.1 Å². The molecule has 0 unspecified atom stereocenters. The number of likely N-dealkylation sites (N-methyl/N-ethyl adjacent to an activating group) is 1. The first-order chi connectivity index (χ1) is 9.61. The number of piperazine rings is 1. The molecule has 1 aliphatic heterocycles. The van der Waals surface area contributed by atoms with Crippen molar-refractivity contribution < 1.29 is 9.18 Å². The van der Waals surface area contributed by atoms with Gasteiger partial charge in [-0.1, -0.05) is 6.92 Å². The molecule has 1 heterocycles. The van der Waals surface area contributed by atoms with Crippen LogP contribution < -0.4 is 10.2 Å². The third-order valence-corrected chi connectivity index (χ3v) is 3.58. The van der Waals surface area contributed by atoms with E-state index in [1.54, 1.807) is 17.0 Å². The largest absolute Gasteiger partial charge is 0.360 e. The lowest BCUT2D eigenvalue weighted by Crippen LogP contribution is -2.48. The molecule has 2 rings (SSSR count). The second kappa shape index (κ2) is 6.70. The molecule has 0 aliphatic carbocycles. The Morgan fingerprint density at radius 2 is 2.15 bits per heavy atom. The number of halogens is 1. The van der Waals surface area contributed by atoms with Crippen LogP contribution in [0, 0.1) is 5.82 Å². The monoisotopic (exact) mass is 279 g/mol. The van der Waals surface area contributed by atoms with Crippen molar-refractivity contribution >= 4 is 11.6 Å². The zero-order chi connectivity index (χ0) is 14.5. The van der Waals surface area contributed by atoms with Gasteiger partial charge in [-0.3, -0.25) is 4.79 Å². The summed E-state index contributed by atoms with van der Waals surface area (Å²) in [6.45, 7) is 5.48.